The molecule has 5 rings (SSSR count). The van der Waals surface area contributed by atoms with E-state index in [1.807, 2.05) is 53.7 Å². The first-order valence-electron chi connectivity index (χ1n) is 10.3. The van der Waals surface area contributed by atoms with Crippen LogP contribution >= 0.6 is 0 Å². The van der Waals surface area contributed by atoms with Crippen molar-refractivity contribution in [2.24, 2.45) is 0 Å². The van der Waals surface area contributed by atoms with Gasteiger partial charge in [0.2, 0.25) is 0 Å². The molecule has 1 fully saturated rings. The van der Waals surface area contributed by atoms with Crippen molar-refractivity contribution in [1.82, 2.24) is 9.88 Å². The van der Waals surface area contributed by atoms with Gasteiger partial charge >= 0.3 is 6.09 Å². The standard InChI is InChI=1S/C25H24N2O2/c28-25(29-17-18-7-2-1-3-8-18)27-21-10-6-11-22(27)14-20(13-21)24-16-26-15-19-9-4-5-12-23(19)24/h1-5,7-9,12-13,15-16,21-22H,6,10-11,14,17H2. The van der Waals surface area contributed by atoms with E-state index in [2.05, 4.69) is 29.3 Å². The Kier molecular flexibility index (Phi) is 4.76. The topological polar surface area (TPSA) is 42.4 Å². The fraction of sp³-hybridized carbons (Fsp3) is 0.280. The number of carbonyl (C=O) groups excluding carboxylic acids is 1. The Morgan fingerprint density at radius 1 is 1.03 bits per heavy atom. The third-order valence-corrected chi connectivity index (χ3v) is 6.07. The largest absolute Gasteiger partial charge is 0.445 e. The zero-order valence-electron chi connectivity index (χ0n) is 16.3. The van der Waals surface area contributed by atoms with Crippen molar-refractivity contribution in [3.05, 3.63) is 84.2 Å². The van der Waals surface area contributed by atoms with Crippen molar-refractivity contribution < 1.29 is 9.53 Å². The van der Waals surface area contributed by atoms with Gasteiger partial charge in [-0.1, -0.05) is 60.7 Å². The summed E-state index contributed by atoms with van der Waals surface area (Å²) in [6, 6.07) is 18.5. The molecule has 2 aliphatic heterocycles. The van der Waals surface area contributed by atoms with Crippen molar-refractivity contribution in [1.29, 1.82) is 0 Å². The lowest BCUT2D eigenvalue weighted by Crippen LogP contribution is -2.51. The maximum atomic E-state index is 12.9. The van der Waals surface area contributed by atoms with Crippen LogP contribution in [-0.4, -0.2) is 28.1 Å². The van der Waals surface area contributed by atoms with E-state index in [0.717, 1.165) is 36.6 Å². The molecule has 3 aromatic rings. The lowest BCUT2D eigenvalue weighted by atomic mass is 9.82. The van der Waals surface area contributed by atoms with Gasteiger partial charge in [-0.2, -0.15) is 0 Å². The molecular formula is C25H24N2O2. The average Bonchev–Trinajstić information content (AvgIpc) is 2.77. The highest BCUT2D eigenvalue weighted by Gasteiger charge is 2.38. The van der Waals surface area contributed by atoms with Gasteiger partial charge in [0.15, 0.2) is 0 Å². The molecule has 146 valence electrons. The summed E-state index contributed by atoms with van der Waals surface area (Å²) in [5.41, 5.74) is 3.51. The molecule has 4 heteroatoms. The number of rotatable bonds is 3. The molecule has 0 radical (unpaired) electrons. The third kappa shape index (κ3) is 3.51. The highest BCUT2D eigenvalue weighted by molar-refractivity contribution is 5.93. The number of nitrogens with zero attached hydrogens (tertiary/aromatic N) is 2. The highest BCUT2D eigenvalue weighted by atomic mass is 16.6. The van der Waals surface area contributed by atoms with E-state index in [0.29, 0.717) is 6.61 Å². The second-order valence-electron chi connectivity index (χ2n) is 7.90. The Morgan fingerprint density at radius 3 is 2.72 bits per heavy atom. The summed E-state index contributed by atoms with van der Waals surface area (Å²) >= 11 is 0. The lowest BCUT2D eigenvalue weighted by molar-refractivity contribution is 0.0510. The van der Waals surface area contributed by atoms with Gasteiger partial charge in [0.1, 0.15) is 6.61 Å². The quantitative estimate of drug-likeness (QED) is 0.592. The van der Waals surface area contributed by atoms with Gasteiger partial charge < -0.3 is 4.74 Å². The second-order valence-corrected chi connectivity index (χ2v) is 7.90. The molecule has 1 aromatic heterocycles. The first-order chi connectivity index (χ1) is 14.3. The number of pyridine rings is 1. The first-order valence-corrected chi connectivity index (χ1v) is 10.3. The molecule has 0 spiro atoms. The normalized spacial score (nSPS) is 21.0. The molecule has 0 aliphatic carbocycles. The van der Waals surface area contributed by atoms with Gasteiger partial charge in [-0.15, -0.1) is 0 Å². The van der Waals surface area contributed by atoms with E-state index in [4.69, 9.17) is 4.74 Å². The SMILES string of the molecule is O=C(OCc1ccccc1)N1C2C=C(c3cncc4ccccc34)CC1CCC2. The van der Waals surface area contributed by atoms with E-state index >= 15 is 0 Å². The first kappa shape index (κ1) is 17.9. The van der Waals surface area contributed by atoms with Crippen LogP contribution in [0.4, 0.5) is 4.79 Å². The van der Waals surface area contributed by atoms with Gasteiger partial charge in [0, 0.05) is 29.4 Å². The number of amides is 1. The number of hydrogen-bond donors (Lipinski definition) is 0. The number of aromatic nitrogens is 1. The van der Waals surface area contributed by atoms with Gasteiger partial charge in [-0.25, -0.2) is 4.79 Å². The monoisotopic (exact) mass is 384 g/mol. The summed E-state index contributed by atoms with van der Waals surface area (Å²) in [5, 5.41) is 2.38. The van der Waals surface area contributed by atoms with Crippen LogP contribution in [0.25, 0.3) is 16.3 Å². The maximum Gasteiger partial charge on any atom is 0.410 e. The zero-order valence-corrected chi connectivity index (χ0v) is 16.3. The van der Waals surface area contributed by atoms with E-state index < -0.39 is 0 Å². The summed E-state index contributed by atoms with van der Waals surface area (Å²) in [6.45, 7) is 0.319. The minimum absolute atomic E-state index is 0.0970. The summed E-state index contributed by atoms with van der Waals surface area (Å²) in [4.78, 5) is 19.3. The number of fused-ring (bicyclic) bond motifs is 3. The zero-order chi connectivity index (χ0) is 19.6. The number of hydrogen-bond acceptors (Lipinski definition) is 3. The lowest BCUT2D eigenvalue weighted by Gasteiger charge is -2.44. The van der Waals surface area contributed by atoms with Crippen molar-refractivity contribution in [2.45, 2.75) is 44.4 Å². The van der Waals surface area contributed by atoms with Crippen LogP contribution in [0.5, 0.6) is 0 Å². The molecule has 3 heterocycles. The Morgan fingerprint density at radius 2 is 1.86 bits per heavy atom. The number of piperidine rings is 1. The molecule has 2 aromatic carbocycles. The third-order valence-electron chi connectivity index (χ3n) is 6.07. The average molecular weight is 384 g/mol. The van der Waals surface area contributed by atoms with Crippen molar-refractivity contribution >= 4 is 22.4 Å². The maximum absolute atomic E-state index is 12.9. The van der Waals surface area contributed by atoms with Gasteiger partial charge in [-0.3, -0.25) is 9.88 Å². The molecule has 2 atom stereocenters. The molecule has 29 heavy (non-hydrogen) atoms. The van der Waals surface area contributed by atoms with E-state index in [1.54, 1.807) is 0 Å². The molecule has 0 saturated carbocycles. The van der Waals surface area contributed by atoms with Crippen LogP contribution in [-0.2, 0) is 11.3 Å². The van der Waals surface area contributed by atoms with Crippen molar-refractivity contribution in [3.63, 3.8) is 0 Å². The summed E-state index contributed by atoms with van der Waals surface area (Å²) < 4.78 is 5.66. The molecule has 1 amide bonds. The predicted octanol–water partition coefficient (Wildman–Crippen LogP) is 5.58. The van der Waals surface area contributed by atoms with Gasteiger partial charge in [-0.05, 0) is 42.2 Å². The van der Waals surface area contributed by atoms with Crippen LogP contribution in [0.15, 0.2) is 73.1 Å². The van der Waals surface area contributed by atoms with Crippen LogP contribution < -0.4 is 0 Å². The van der Waals surface area contributed by atoms with E-state index in [-0.39, 0.29) is 18.2 Å². The summed E-state index contributed by atoms with van der Waals surface area (Å²) in [5.74, 6) is 0. The molecular weight excluding hydrogens is 360 g/mol. The van der Waals surface area contributed by atoms with Crippen LogP contribution in [0.3, 0.4) is 0 Å². The summed E-state index contributed by atoms with van der Waals surface area (Å²) in [6.07, 6.45) is 9.95. The molecule has 2 bridgehead atoms. The molecule has 1 saturated heterocycles. The molecule has 0 N–H and O–H groups in total. The van der Waals surface area contributed by atoms with Crippen LogP contribution in [0.2, 0.25) is 0 Å². The minimum Gasteiger partial charge on any atom is -0.445 e. The smallest absolute Gasteiger partial charge is 0.410 e. The van der Waals surface area contributed by atoms with Crippen molar-refractivity contribution in [3.8, 4) is 0 Å². The number of benzene rings is 2. The molecule has 2 aliphatic rings. The Hall–Kier alpha value is -3.14. The molecule has 2 unspecified atom stereocenters. The van der Waals surface area contributed by atoms with E-state index in [1.165, 1.54) is 16.5 Å². The molecule has 4 nitrogen and oxygen atoms in total. The summed E-state index contributed by atoms with van der Waals surface area (Å²) in [7, 11) is 0. The second kappa shape index (κ2) is 7.70. The Labute approximate surface area is 170 Å². The fourth-order valence-electron chi connectivity index (χ4n) is 4.68. The van der Waals surface area contributed by atoms with Gasteiger partial charge in [0.25, 0.3) is 0 Å². The van der Waals surface area contributed by atoms with E-state index in [9.17, 15) is 4.79 Å². The Bertz CT molecular complexity index is 1060. The van der Waals surface area contributed by atoms with Gasteiger partial charge in [0.05, 0.1) is 6.04 Å². The van der Waals surface area contributed by atoms with Crippen LogP contribution in [0.1, 0.15) is 36.8 Å². The van der Waals surface area contributed by atoms with Crippen molar-refractivity contribution in [2.75, 3.05) is 0 Å². The minimum atomic E-state index is -0.199. The Balaban J connectivity index is 1.40. The number of carbonyl (C=O) groups is 1. The fourth-order valence-corrected chi connectivity index (χ4v) is 4.68. The highest BCUT2D eigenvalue weighted by Crippen LogP contribution is 2.39. The predicted molar refractivity (Wildman–Crippen MR) is 114 cm³/mol. The number of ether oxygens (including phenoxy) is 1. The van der Waals surface area contributed by atoms with Crippen LogP contribution in [0, 0.1) is 0 Å².